The van der Waals surface area contributed by atoms with E-state index in [0.717, 1.165) is 19.4 Å². The van der Waals surface area contributed by atoms with Crippen molar-refractivity contribution in [2.75, 3.05) is 25.1 Å². The summed E-state index contributed by atoms with van der Waals surface area (Å²) in [4.78, 5) is 2.33. The van der Waals surface area contributed by atoms with Gasteiger partial charge in [0.15, 0.2) is 9.84 Å². The second kappa shape index (κ2) is 5.88. The molecule has 2 fully saturated rings. The van der Waals surface area contributed by atoms with Crippen LogP contribution in [0.4, 0.5) is 0 Å². The zero-order chi connectivity index (χ0) is 13.2. The molecule has 5 heteroatoms. The van der Waals surface area contributed by atoms with Crippen molar-refractivity contribution in [2.24, 2.45) is 11.7 Å². The smallest absolute Gasteiger partial charge is 0.151 e. The first-order valence-corrected chi connectivity index (χ1v) is 8.98. The van der Waals surface area contributed by atoms with Gasteiger partial charge in [0.05, 0.1) is 11.5 Å². The zero-order valence-corrected chi connectivity index (χ0v) is 12.2. The summed E-state index contributed by atoms with van der Waals surface area (Å²) >= 11 is 0. The molecule has 2 N–H and O–H groups in total. The molecule has 1 saturated carbocycles. The highest BCUT2D eigenvalue weighted by Gasteiger charge is 2.34. The summed E-state index contributed by atoms with van der Waals surface area (Å²) < 4.78 is 23.5. The van der Waals surface area contributed by atoms with E-state index < -0.39 is 9.84 Å². The molecular weight excluding hydrogens is 248 g/mol. The highest BCUT2D eigenvalue weighted by molar-refractivity contribution is 7.91. The Labute approximate surface area is 111 Å². The van der Waals surface area contributed by atoms with E-state index in [1.807, 2.05) is 0 Å². The van der Waals surface area contributed by atoms with Crippen molar-refractivity contribution in [1.29, 1.82) is 0 Å². The van der Waals surface area contributed by atoms with Crippen LogP contribution in [0.25, 0.3) is 0 Å². The van der Waals surface area contributed by atoms with Crippen LogP contribution in [0, 0.1) is 5.92 Å². The standard InChI is InChI=1S/C13H26N2O2S/c1-15(12-6-4-8-18(16,17)10-12)13-7-3-2-5-11(13)9-14/h11-13H,2-10,14H2,1H3. The van der Waals surface area contributed by atoms with Gasteiger partial charge in [0, 0.05) is 12.1 Å². The first-order chi connectivity index (χ1) is 8.53. The van der Waals surface area contributed by atoms with Gasteiger partial charge in [-0.2, -0.15) is 0 Å². The topological polar surface area (TPSA) is 63.4 Å². The van der Waals surface area contributed by atoms with Crippen molar-refractivity contribution < 1.29 is 8.42 Å². The van der Waals surface area contributed by atoms with Crippen molar-refractivity contribution in [1.82, 2.24) is 4.90 Å². The lowest BCUT2D eigenvalue weighted by Crippen LogP contribution is -2.51. The van der Waals surface area contributed by atoms with Crippen LogP contribution in [0.15, 0.2) is 0 Å². The molecule has 106 valence electrons. The molecule has 2 rings (SSSR count). The van der Waals surface area contributed by atoms with Gasteiger partial charge in [0.25, 0.3) is 0 Å². The Bertz CT molecular complexity index is 369. The van der Waals surface area contributed by atoms with Gasteiger partial charge in [-0.15, -0.1) is 0 Å². The minimum absolute atomic E-state index is 0.209. The van der Waals surface area contributed by atoms with E-state index in [2.05, 4.69) is 11.9 Å². The summed E-state index contributed by atoms with van der Waals surface area (Å²) in [7, 11) is -0.711. The lowest BCUT2D eigenvalue weighted by atomic mass is 9.83. The fraction of sp³-hybridized carbons (Fsp3) is 1.00. The van der Waals surface area contributed by atoms with Crippen LogP contribution in [0.3, 0.4) is 0 Å². The van der Waals surface area contributed by atoms with Crippen molar-refractivity contribution >= 4 is 9.84 Å². The summed E-state index contributed by atoms with van der Waals surface area (Å²) in [6.07, 6.45) is 6.74. The molecule has 3 atom stereocenters. The molecule has 1 heterocycles. The first-order valence-electron chi connectivity index (χ1n) is 7.16. The van der Waals surface area contributed by atoms with Crippen LogP contribution >= 0.6 is 0 Å². The molecule has 1 aliphatic carbocycles. The van der Waals surface area contributed by atoms with Crippen molar-refractivity contribution in [3.05, 3.63) is 0 Å². The Kier molecular flexibility index (Phi) is 4.67. The van der Waals surface area contributed by atoms with E-state index in [1.165, 1.54) is 25.7 Å². The third kappa shape index (κ3) is 3.25. The molecule has 2 aliphatic rings. The number of rotatable bonds is 3. The maximum absolute atomic E-state index is 11.7. The van der Waals surface area contributed by atoms with Gasteiger partial charge >= 0.3 is 0 Å². The second-order valence-corrected chi connectivity index (χ2v) is 8.15. The maximum atomic E-state index is 11.7. The molecule has 0 aromatic rings. The molecule has 3 unspecified atom stereocenters. The lowest BCUT2D eigenvalue weighted by Gasteiger charge is -2.42. The second-order valence-electron chi connectivity index (χ2n) is 5.92. The Morgan fingerprint density at radius 2 is 1.89 bits per heavy atom. The summed E-state index contributed by atoms with van der Waals surface area (Å²) in [5.74, 6) is 1.27. The van der Waals surface area contributed by atoms with Crippen LogP contribution < -0.4 is 5.73 Å². The number of hydrogen-bond donors (Lipinski definition) is 1. The summed E-state index contributed by atoms with van der Waals surface area (Å²) in [6.45, 7) is 0.731. The molecule has 18 heavy (non-hydrogen) atoms. The van der Waals surface area contributed by atoms with E-state index in [-0.39, 0.29) is 6.04 Å². The Balaban J connectivity index is 2.02. The van der Waals surface area contributed by atoms with Gasteiger partial charge in [-0.3, -0.25) is 4.90 Å². The van der Waals surface area contributed by atoms with Crippen LogP contribution in [0.1, 0.15) is 38.5 Å². The predicted octanol–water partition coefficient (Wildman–Crippen LogP) is 1.01. The van der Waals surface area contributed by atoms with E-state index in [1.54, 1.807) is 0 Å². The molecule has 0 amide bonds. The van der Waals surface area contributed by atoms with Crippen LogP contribution in [0.2, 0.25) is 0 Å². The Morgan fingerprint density at radius 3 is 2.56 bits per heavy atom. The molecule has 4 nitrogen and oxygen atoms in total. The van der Waals surface area contributed by atoms with Gasteiger partial charge < -0.3 is 5.73 Å². The van der Waals surface area contributed by atoms with Gasteiger partial charge in [0.2, 0.25) is 0 Å². The summed E-state index contributed by atoms with van der Waals surface area (Å²) in [6, 6.07) is 0.697. The van der Waals surface area contributed by atoms with Crippen molar-refractivity contribution in [3.8, 4) is 0 Å². The largest absolute Gasteiger partial charge is 0.330 e. The van der Waals surface area contributed by atoms with Crippen molar-refractivity contribution in [3.63, 3.8) is 0 Å². The average molecular weight is 274 g/mol. The number of sulfone groups is 1. The molecule has 0 bridgehead atoms. The lowest BCUT2D eigenvalue weighted by molar-refractivity contribution is 0.0944. The normalized spacial score (nSPS) is 36.7. The molecule has 1 saturated heterocycles. The molecule has 1 aliphatic heterocycles. The average Bonchev–Trinajstić information content (AvgIpc) is 2.36. The Morgan fingerprint density at radius 1 is 1.17 bits per heavy atom. The highest BCUT2D eigenvalue weighted by Crippen LogP contribution is 2.30. The van der Waals surface area contributed by atoms with Gasteiger partial charge in [-0.05, 0) is 45.2 Å². The third-order valence-corrected chi connectivity index (χ3v) is 6.51. The van der Waals surface area contributed by atoms with Crippen LogP contribution in [-0.2, 0) is 9.84 Å². The maximum Gasteiger partial charge on any atom is 0.151 e. The fourth-order valence-corrected chi connectivity index (χ4v) is 5.35. The predicted molar refractivity (Wildman–Crippen MR) is 74.2 cm³/mol. The minimum Gasteiger partial charge on any atom is -0.330 e. The monoisotopic (exact) mass is 274 g/mol. The van der Waals surface area contributed by atoms with E-state index in [4.69, 9.17) is 5.73 Å². The molecule has 0 spiro atoms. The fourth-order valence-electron chi connectivity index (χ4n) is 3.59. The summed E-state index contributed by atoms with van der Waals surface area (Å²) in [5.41, 5.74) is 5.87. The number of hydrogen-bond acceptors (Lipinski definition) is 4. The van der Waals surface area contributed by atoms with Gasteiger partial charge in [-0.25, -0.2) is 8.42 Å². The quantitative estimate of drug-likeness (QED) is 0.834. The van der Waals surface area contributed by atoms with Crippen LogP contribution in [-0.4, -0.2) is 50.5 Å². The first kappa shape index (κ1) is 14.3. The zero-order valence-electron chi connectivity index (χ0n) is 11.3. The summed E-state index contributed by atoms with van der Waals surface area (Å²) in [5, 5.41) is 0. The molecule has 0 aromatic heterocycles. The molecule has 0 radical (unpaired) electrons. The van der Waals surface area contributed by atoms with Gasteiger partial charge in [-0.1, -0.05) is 12.8 Å². The highest BCUT2D eigenvalue weighted by atomic mass is 32.2. The van der Waals surface area contributed by atoms with Crippen molar-refractivity contribution in [2.45, 2.75) is 50.6 Å². The Hall–Kier alpha value is -0.130. The molecular formula is C13H26N2O2S. The third-order valence-electron chi connectivity index (χ3n) is 4.71. The van der Waals surface area contributed by atoms with Gasteiger partial charge in [0.1, 0.15) is 0 Å². The SMILES string of the molecule is CN(C1CCCS(=O)(=O)C1)C1CCCCC1CN. The number of nitrogens with zero attached hydrogens (tertiary/aromatic N) is 1. The van der Waals surface area contributed by atoms with E-state index in [9.17, 15) is 8.42 Å². The van der Waals surface area contributed by atoms with Crippen LogP contribution in [0.5, 0.6) is 0 Å². The molecule has 0 aromatic carbocycles. The van der Waals surface area contributed by atoms with E-state index in [0.29, 0.717) is 23.5 Å². The number of nitrogens with two attached hydrogens (primary N) is 1. The minimum atomic E-state index is -2.81. The van der Waals surface area contributed by atoms with E-state index >= 15 is 0 Å².